The third-order valence-electron chi connectivity index (χ3n) is 6.39. The maximum atomic E-state index is 9.42. The molecule has 0 N–H and O–H groups in total. The summed E-state index contributed by atoms with van der Waals surface area (Å²) in [5.41, 5.74) is -3.98. The van der Waals surface area contributed by atoms with Crippen LogP contribution in [0.2, 0.25) is 0 Å². The van der Waals surface area contributed by atoms with Gasteiger partial charge in [-0.2, -0.15) is 0 Å². The molecule has 0 unspecified atom stereocenters. The first kappa shape index (κ1) is 8.91. The second kappa shape index (κ2) is 9.22. The number of rotatable bonds is 3. The minimum atomic E-state index is -1.02. The van der Waals surface area contributed by atoms with Gasteiger partial charge in [0, 0.05) is 0 Å². The normalized spacial score (nSPS) is 20.2. The van der Waals surface area contributed by atoms with Gasteiger partial charge in [0.2, 0.25) is 0 Å². The molecule has 186 valence electrons. The van der Waals surface area contributed by atoms with E-state index >= 15 is 0 Å². The van der Waals surface area contributed by atoms with Gasteiger partial charge in [0.05, 0.1) is 34.3 Å². The van der Waals surface area contributed by atoms with Gasteiger partial charge in [0.15, 0.2) is 0 Å². The zero-order valence-electron chi connectivity index (χ0n) is 45.1. The molecule has 0 spiro atoms. The molecule has 40 heavy (non-hydrogen) atoms. The lowest BCUT2D eigenvalue weighted by atomic mass is 9.84. The van der Waals surface area contributed by atoms with Crippen LogP contribution in [-0.4, -0.2) is 0 Å². The van der Waals surface area contributed by atoms with Crippen molar-refractivity contribution < 1.29 is 34.3 Å². The highest BCUT2D eigenvalue weighted by Gasteiger charge is 2.17. The zero-order valence-corrected chi connectivity index (χ0v) is 20.1. The first-order valence-electron chi connectivity index (χ1n) is 24.3. The van der Waals surface area contributed by atoms with E-state index in [-0.39, 0.29) is 0 Å². The van der Waals surface area contributed by atoms with E-state index in [1.165, 1.54) is 0 Å². The lowest BCUT2D eigenvalue weighted by Crippen LogP contribution is -1.91. The molecule has 0 radical (unpaired) electrons. The summed E-state index contributed by atoms with van der Waals surface area (Å²) in [7, 11) is 0. The number of fused-ring (bicyclic) bond motifs is 4. The second-order valence-corrected chi connectivity index (χ2v) is 8.58. The molecule has 8 aromatic rings. The van der Waals surface area contributed by atoms with Crippen molar-refractivity contribution in [2.24, 2.45) is 0 Å². The molecule has 0 fully saturated rings. The molecule has 0 aliphatic carbocycles. The predicted octanol–water partition coefficient (Wildman–Crippen LogP) is 11.3. The van der Waals surface area contributed by atoms with Crippen molar-refractivity contribution in [3.05, 3.63) is 157 Å². The SMILES string of the molecule is [2H]c1cc2c(-c3c([2H])c([2H])c([2H])c4c([2H])c([2H])c([2H])c([2H])c34)c3c([2H])c([2H])c([2H])c([2H])c3c(-c3c([2H])c([2H])c(-c4c([2H])c([2H])c5c([2H])c([2H])c([2H])c([2H])c5c4[2H])c([2H])c3[2H])c2c([2H])c1[2H]. The summed E-state index contributed by atoms with van der Waals surface area (Å²) in [6.45, 7) is 0. The molecule has 0 saturated heterocycles. The summed E-state index contributed by atoms with van der Waals surface area (Å²) < 4.78 is 221. The van der Waals surface area contributed by atoms with Gasteiger partial charge in [-0.05, 0) is 82.5 Å². The Morgan fingerprint density at radius 3 is 1.68 bits per heavy atom. The van der Waals surface area contributed by atoms with E-state index in [4.69, 9.17) is 23.3 Å². The summed E-state index contributed by atoms with van der Waals surface area (Å²) >= 11 is 0. The Hall–Kier alpha value is -5.20. The topological polar surface area (TPSA) is 0 Å². The van der Waals surface area contributed by atoms with Crippen molar-refractivity contribution in [2.75, 3.05) is 0 Å². The molecule has 0 aliphatic heterocycles. The van der Waals surface area contributed by atoms with Crippen LogP contribution in [0.4, 0.5) is 0 Å². The Morgan fingerprint density at radius 1 is 0.325 bits per heavy atom. The Balaban J connectivity index is 1.66. The molecule has 0 saturated carbocycles. The van der Waals surface area contributed by atoms with Crippen molar-refractivity contribution in [1.82, 2.24) is 0 Å². The third-order valence-corrected chi connectivity index (χ3v) is 6.39. The van der Waals surface area contributed by atoms with Gasteiger partial charge in [-0.1, -0.05) is 151 Å². The third kappa shape index (κ3) is 3.61. The minimum Gasteiger partial charge on any atom is -0.0616 e. The van der Waals surface area contributed by atoms with Crippen molar-refractivity contribution in [2.45, 2.75) is 0 Å². The standard InChI is InChI=1S/C40H26/c1-2-12-31-26-32(25-22-27(31)10-1)28-20-23-30(24-21-28)39-35-15-5-7-17-37(35)40(38-18-8-6-16-36(38)39)34-19-9-13-29-11-3-4-14-33(29)34/h1-26H/i1D,2D,3D,4D,5D,6D,7D,8D,9D,10D,11D,12D,13D,14D,15D,16D,17D,19D,20D,21D,22D,23D,24D,25D,26D. The summed E-state index contributed by atoms with van der Waals surface area (Å²) in [5.74, 6) is 0. The van der Waals surface area contributed by atoms with Crippen LogP contribution in [0.5, 0.6) is 0 Å². The van der Waals surface area contributed by atoms with Gasteiger partial charge >= 0.3 is 0 Å². The van der Waals surface area contributed by atoms with Crippen molar-refractivity contribution in [3.63, 3.8) is 0 Å². The van der Waals surface area contributed by atoms with E-state index in [0.717, 1.165) is 6.07 Å². The van der Waals surface area contributed by atoms with Gasteiger partial charge < -0.3 is 0 Å². The van der Waals surface area contributed by atoms with Crippen LogP contribution < -0.4 is 0 Å². The number of hydrogen-bond acceptors (Lipinski definition) is 0. The van der Waals surface area contributed by atoms with Gasteiger partial charge in [0.1, 0.15) is 0 Å². The molecule has 0 heterocycles. The Labute approximate surface area is 268 Å². The monoisotopic (exact) mass is 531 g/mol. The second-order valence-electron chi connectivity index (χ2n) is 8.58. The highest BCUT2D eigenvalue weighted by Crippen LogP contribution is 2.45. The van der Waals surface area contributed by atoms with E-state index < -0.39 is 228 Å². The van der Waals surface area contributed by atoms with Gasteiger partial charge in [0.25, 0.3) is 0 Å². The first-order valence-corrected chi connectivity index (χ1v) is 11.8. The van der Waals surface area contributed by atoms with Crippen LogP contribution in [0, 0.1) is 0 Å². The molecule has 0 aliphatic rings. The molecule has 0 atom stereocenters. The highest BCUT2D eigenvalue weighted by atomic mass is 14.2. The van der Waals surface area contributed by atoms with Crippen LogP contribution in [0.15, 0.2) is 157 Å². The summed E-state index contributed by atoms with van der Waals surface area (Å²) in [5, 5.41) is -4.38. The Morgan fingerprint density at radius 2 is 0.875 bits per heavy atom. The van der Waals surface area contributed by atoms with E-state index in [1.54, 1.807) is 0 Å². The van der Waals surface area contributed by atoms with E-state index in [0.29, 0.717) is 0 Å². The lowest BCUT2D eigenvalue weighted by molar-refractivity contribution is 1.63. The zero-order chi connectivity index (χ0) is 48.2. The molecular weight excluding hydrogens is 480 g/mol. The fraction of sp³-hybridized carbons (Fsp3) is 0. The molecular formula is C40H26. The molecule has 8 rings (SSSR count). The summed E-state index contributed by atoms with van der Waals surface area (Å²) in [6.07, 6.45) is 0. The minimum absolute atomic E-state index is 0.423. The van der Waals surface area contributed by atoms with Crippen LogP contribution in [0.25, 0.3) is 76.5 Å². The molecule has 8 aromatic carbocycles. The molecule has 0 heteroatoms. The summed E-state index contributed by atoms with van der Waals surface area (Å²) in [4.78, 5) is 0. The lowest BCUT2D eigenvalue weighted by Gasteiger charge is -2.19. The van der Waals surface area contributed by atoms with Crippen LogP contribution >= 0.6 is 0 Å². The van der Waals surface area contributed by atoms with E-state index in [2.05, 4.69) is 0 Å². The predicted molar refractivity (Wildman–Crippen MR) is 173 cm³/mol. The van der Waals surface area contributed by atoms with E-state index in [9.17, 15) is 11.0 Å². The number of hydrogen-bond donors (Lipinski definition) is 0. The van der Waals surface area contributed by atoms with Crippen LogP contribution in [0.1, 0.15) is 34.3 Å². The maximum Gasteiger partial charge on any atom is 0.0636 e. The fourth-order valence-electron chi connectivity index (χ4n) is 4.67. The highest BCUT2D eigenvalue weighted by molar-refractivity contribution is 6.23. The van der Waals surface area contributed by atoms with Gasteiger partial charge in [-0.3, -0.25) is 0 Å². The molecule has 0 bridgehead atoms. The van der Waals surface area contributed by atoms with E-state index in [1.807, 2.05) is 0 Å². The summed E-state index contributed by atoms with van der Waals surface area (Å²) in [6, 6.07) is -20.6. The van der Waals surface area contributed by atoms with Crippen molar-refractivity contribution >= 4 is 43.1 Å². The quantitative estimate of drug-likeness (QED) is 0.199. The van der Waals surface area contributed by atoms with Crippen molar-refractivity contribution in [1.29, 1.82) is 0 Å². The largest absolute Gasteiger partial charge is 0.0636 e. The van der Waals surface area contributed by atoms with Gasteiger partial charge in [-0.15, -0.1) is 0 Å². The van der Waals surface area contributed by atoms with Crippen LogP contribution in [0.3, 0.4) is 0 Å². The van der Waals surface area contributed by atoms with Crippen molar-refractivity contribution in [3.8, 4) is 33.4 Å². The molecule has 0 amide bonds. The molecule has 0 nitrogen and oxygen atoms in total. The Kier molecular flexibility index (Phi) is 2.05. The molecule has 0 aromatic heterocycles. The number of benzene rings is 8. The first-order chi connectivity index (χ1) is 30.3. The smallest absolute Gasteiger partial charge is 0.0616 e. The van der Waals surface area contributed by atoms with Crippen LogP contribution in [-0.2, 0) is 0 Å². The average Bonchev–Trinajstić information content (AvgIpc) is 3.27. The Bertz CT molecular complexity index is 3560. The fourth-order valence-corrected chi connectivity index (χ4v) is 4.67. The van der Waals surface area contributed by atoms with Gasteiger partial charge in [-0.25, -0.2) is 0 Å². The average molecular weight is 532 g/mol. The maximum absolute atomic E-state index is 9.42.